The molecule has 7 heteroatoms. The number of urea groups is 1. The number of carboxylic acid groups (broad SMARTS) is 1. The van der Waals surface area contributed by atoms with E-state index in [0.29, 0.717) is 5.92 Å². The molecular weight excluding hydrogens is 250 g/mol. The predicted molar refractivity (Wildman–Crippen MR) is 68.3 cm³/mol. The first kappa shape index (κ1) is 15.3. The third-order valence-corrected chi connectivity index (χ3v) is 3.44. The summed E-state index contributed by atoms with van der Waals surface area (Å²) in [4.78, 5) is 33.3. The average Bonchev–Trinajstić information content (AvgIpc) is 2.30. The van der Waals surface area contributed by atoms with Gasteiger partial charge in [-0.15, -0.1) is 0 Å². The average molecular weight is 271 g/mol. The van der Waals surface area contributed by atoms with E-state index in [1.165, 1.54) is 0 Å². The minimum Gasteiger partial charge on any atom is -0.480 e. The summed E-state index contributed by atoms with van der Waals surface area (Å²) in [6, 6.07) is -1.79. The molecule has 0 bridgehead atoms. The van der Waals surface area contributed by atoms with Crippen molar-refractivity contribution in [2.75, 3.05) is 0 Å². The second-order valence-electron chi connectivity index (χ2n) is 5.05. The van der Waals surface area contributed by atoms with Gasteiger partial charge in [0.2, 0.25) is 5.91 Å². The van der Waals surface area contributed by atoms with Gasteiger partial charge in [0, 0.05) is 6.04 Å². The molecule has 1 aliphatic rings. The van der Waals surface area contributed by atoms with Crippen molar-refractivity contribution < 1.29 is 19.5 Å². The molecule has 5 N–H and O–H groups in total. The SMILES string of the molecule is CC1CCCCC1NC(=O)NC(CC(N)=O)C(=O)O. The number of carbonyl (C=O) groups is 3. The molecule has 1 aliphatic carbocycles. The third kappa shape index (κ3) is 5.15. The quantitative estimate of drug-likeness (QED) is 0.570. The fraction of sp³-hybridized carbons (Fsp3) is 0.750. The zero-order valence-electron chi connectivity index (χ0n) is 11.0. The highest BCUT2D eigenvalue weighted by Crippen LogP contribution is 2.23. The van der Waals surface area contributed by atoms with Crippen molar-refractivity contribution in [3.8, 4) is 0 Å². The molecule has 7 nitrogen and oxygen atoms in total. The molecule has 1 saturated carbocycles. The van der Waals surface area contributed by atoms with Crippen molar-refractivity contribution in [2.45, 2.75) is 51.1 Å². The first-order chi connectivity index (χ1) is 8.90. The van der Waals surface area contributed by atoms with Crippen LogP contribution >= 0.6 is 0 Å². The Morgan fingerprint density at radius 2 is 1.95 bits per heavy atom. The van der Waals surface area contributed by atoms with Gasteiger partial charge in [-0.3, -0.25) is 4.79 Å². The molecule has 1 rings (SSSR count). The second-order valence-corrected chi connectivity index (χ2v) is 5.05. The Kier molecular flexibility index (Phi) is 5.59. The first-order valence-corrected chi connectivity index (χ1v) is 6.48. The number of nitrogens with one attached hydrogen (secondary N) is 2. The van der Waals surface area contributed by atoms with E-state index in [9.17, 15) is 14.4 Å². The Bertz CT molecular complexity index is 359. The molecule has 3 amide bonds. The number of nitrogens with two attached hydrogens (primary N) is 1. The molecule has 3 atom stereocenters. The van der Waals surface area contributed by atoms with Crippen molar-refractivity contribution in [3.63, 3.8) is 0 Å². The highest BCUT2D eigenvalue weighted by Gasteiger charge is 2.26. The van der Waals surface area contributed by atoms with Crippen LogP contribution in [0, 0.1) is 5.92 Å². The zero-order chi connectivity index (χ0) is 14.4. The van der Waals surface area contributed by atoms with E-state index in [1.807, 2.05) is 0 Å². The van der Waals surface area contributed by atoms with E-state index in [1.54, 1.807) is 0 Å². The number of carboxylic acids is 1. The van der Waals surface area contributed by atoms with Gasteiger partial charge in [-0.05, 0) is 18.8 Å². The molecule has 0 aromatic rings. The number of amides is 3. The van der Waals surface area contributed by atoms with Crippen LogP contribution in [0.3, 0.4) is 0 Å². The maximum atomic E-state index is 11.7. The number of rotatable bonds is 5. The number of hydrogen-bond acceptors (Lipinski definition) is 3. The highest BCUT2D eigenvalue weighted by molar-refractivity contribution is 5.87. The lowest BCUT2D eigenvalue weighted by molar-refractivity contribution is -0.140. The van der Waals surface area contributed by atoms with Crippen LogP contribution in [-0.2, 0) is 9.59 Å². The Hall–Kier alpha value is -1.79. The van der Waals surface area contributed by atoms with Crippen LogP contribution in [0.15, 0.2) is 0 Å². The van der Waals surface area contributed by atoms with Crippen LogP contribution in [0.1, 0.15) is 39.0 Å². The summed E-state index contributed by atoms with van der Waals surface area (Å²) in [7, 11) is 0. The van der Waals surface area contributed by atoms with Gasteiger partial charge in [0.15, 0.2) is 0 Å². The van der Waals surface area contributed by atoms with Crippen molar-refractivity contribution in [2.24, 2.45) is 11.7 Å². The van der Waals surface area contributed by atoms with E-state index in [2.05, 4.69) is 17.6 Å². The van der Waals surface area contributed by atoms with E-state index >= 15 is 0 Å². The Morgan fingerprint density at radius 3 is 2.47 bits per heavy atom. The molecule has 0 heterocycles. The molecule has 0 saturated heterocycles. The van der Waals surface area contributed by atoms with E-state index in [0.717, 1.165) is 25.7 Å². The zero-order valence-corrected chi connectivity index (χ0v) is 11.0. The largest absolute Gasteiger partial charge is 0.480 e. The lowest BCUT2D eigenvalue weighted by Crippen LogP contribution is -2.51. The molecule has 0 aromatic carbocycles. The highest BCUT2D eigenvalue weighted by atomic mass is 16.4. The second kappa shape index (κ2) is 6.96. The van der Waals surface area contributed by atoms with Crippen LogP contribution in [0.4, 0.5) is 4.79 Å². The minimum atomic E-state index is -1.28. The summed E-state index contributed by atoms with van der Waals surface area (Å²) in [6.07, 6.45) is 3.74. The summed E-state index contributed by atoms with van der Waals surface area (Å²) < 4.78 is 0. The van der Waals surface area contributed by atoms with Crippen molar-refractivity contribution in [1.29, 1.82) is 0 Å². The van der Waals surface area contributed by atoms with Crippen LogP contribution in [0.2, 0.25) is 0 Å². The fourth-order valence-corrected chi connectivity index (χ4v) is 2.30. The number of hydrogen-bond donors (Lipinski definition) is 4. The van der Waals surface area contributed by atoms with E-state index < -0.39 is 30.4 Å². The lowest BCUT2D eigenvalue weighted by Gasteiger charge is -2.29. The summed E-state index contributed by atoms with van der Waals surface area (Å²) >= 11 is 0. The summed E-state index contributed by atoms with van der Waals surface area (Å²) in [6.45, 7) is 2.06. The summed E-state index contributed by atoms with van der Waals surface area (Å²) in [5, 5.41) is 13.9. The summed E-state index contributed by atoms with van der Waals surface area (Å²) in [5.41, 5.74) is 4.94. The van der Waals surface area contributed by atoms with E-state index in [4.69, 9.17) is 10.8 Å². The molecule has 0 aliphatic heterocycles. The van der Waals surface area contributed by atoms with Gasteiger partial charge in [0.25, 0.3) is 0 Å². The molecule has 1 fully saturated rings. The van der Waals surface area contributed by atoms with Crippen molar-refractivity contribution >= 4 is 17.9 Å². The monoisotopic (exact) mass is 271 g/mol. The van der Waals surface area contributed by atoms with Gasteiger partial charge in [-0.2, -0.15) is 0 Å². The number of primary amides is 1. The van der Waals surface area contributed by atoms with Crippen LogP contribution in [-0.4, -0.2) is 35.1 Å². The minimum absolute atomic E-state index is 0.0526. The predicted octanol–water partition coefficient (Wildman–Crippen LogP) is 0.193. The third-order valence-electron chi connectivity index (χ3n) is 3.44. The Balaban J connectivity index is 2.47. The van der Waals surface area contributed by atoms with Crippen molar-refractivity contribution in [1.82, 2.24) is 10.6 Å². The topological polar surface area (TPSA) is 122 Å². The van der Waals surface area contributed by atoms with Crippen LogP contribution in [0.25, 0.3) is 0 Å². The summed E-state index contributed by atoms with van der Waals surface area (Å²) in [5.74, 6) is -1.66. The van der Waals surface area contributed by atoms with Gasteiger partial charge in [-0.1, -0.05) is 19.8 Å². The number of aliphatic carboxylic acids is 1. The lowest BCUT2D eigenvalue weighted by atomic mass is 9.86. The molecule has 3 unspecified atom stereocenters. The van der Waals surface area contributed by atoms with Gasteiger partial charge < -0.3 is 21.5 Å². The first-order valence-electron chi connectivity index (χ1n) is 6.48. The Labute approximate surface area is 111 Å². The molecule has 108 valence electrons. The van der Waals surface area contributed by atoms with Gasteiger partial charge in [0.05, 0.1) is 6.42 Å². The fourth-order valence-electron chi connectivity index (χ4n) is 2.30. The molecule has 19 heavy (non-hydrogen) atoms. The van der Waals surface area contributed by atoms with Crippen molar-refractivity contribution in [3.05, 3.63) is 0 Å². The van der Waals surface area contributed by atoms with Gasteiger partial charge >= 0.3 is 12.0 Å². The Morgan fingerprint density at radius 1 is 1.32 bits per heavy atom. The molecular formula is C12H21N3O4. The molecule has 0 radical (unpaired) electrons. The maximum Gasteiger partial charge on any atom is 0.326 e. The normalized spacial score (nSPS) is 24.3. The molecule has 0 spiro atoms. The molecule has 0 aromatic heterocycles. The number of carbonyl (C=O) groups excluding carboxylic acids is 2. The standard InChI is InChI=1S/C12H21N3O4/c1-7-4-2-3-5-8(7)14-12(19)15-9(11(17)18)6-10(13)16/h7-9H,2-6H2,1H3,(H2,13,16)(H,17,18)(H2,14,15,19). The smallest absolute Gasteiger partial charge is 0.326 e. The maximum absolute atomic E-state index is 11.7. The van der Waals surface area contributed by atoms with E-state index in [-0.39, 0.29) is 6.04 Å². The van der Waals surface area contributed by atoms with Crippen LogP contribution in [0.5, 0.6) is 0 Å². The van der Waals surface area contributed by atoms with Gasteiger partial charge in [0.1, 0.15) is 6.04 Å². The van der Waals surface area contributed by atoms with Gasteiger partial charge in [-0.25, -0.2) is 9.59 Å². The van der Waals surface area contributed by atoms with Crippen LogP contribution < -0.4 is 16.4 Å².